The van der Waals surface area contributed by atoms with E-state index in [-0.39, 0.29) is 11.7 Å². The number of hydrogen-bond donors (Lipinski definition) is 3. The summed E-state index contributed by atoms with van der Waals surface area (Å²) in [5.74, 6) is 0.148. The van der Waals surface area contributed by atoms with E-state index < -0.39 is 0 Å². The van der Waals surface area contributed by atoms with Crippen LogP contribution in [0.4, 0.5) is 0 Å². The molecule has 0 radical (unpaired) electrons. The van der Waals surface area contributed by atoms with Gasteiger partial charge < -0.3 is 10.8 Å². The predicted octanol–water partition coefficient (Wildman–Crippen LogP) is -0.222. The summed E-state index contributed by atoms with van der Waals surface area (Å²) in [6.45, 7) is 0.778. The Kier molecular flexibility index (Phi) is 2.21. The monoisotopic (exact) mass is 230 g/mol. The lowest BCUT2D eigenvalue weighted by Crippen LogP contribution is -2.42. The lowest BCUT2D eigenvalue weighted by atomic mass is 9.86. The summed E-state index contributed by atoms with van der Waals surface area (Å²) in [6.07, 6.45) is 3.42. The highest BCUT2D eigenvalue weighted by atomic mass is 16.5. The van der Waals surface area contributed by atoms with Crippen LogP contribution in [0.2, 0.25) is 0 Å². The van der Waals surface area contributed by atoms with Crippen molar-refractivity contribution in [2.24, 2.45) is 5.73 Å². The molecule has 0 aromatic heterocycles. The fourth-order valence-electron chi connectivity index (χ4n) is 2.62. The molecule has 17 heavy (non-hydrogen) atoms. The molecule has 1 unspecified atom stereocenters. The molecule has 2 aliphatic rings. The van der Waals surface area contributed by atoms with E-state index in [2.05, 4.69) is 0 Å². The Morgan fingerprint density at radius 3 is 3.00 bits per heavy atom. The minimum atomic E-state index is -0.132. The van der Waals surface area contributed by atoms with Crippen molar-refractivity contribution in [2.75, 3.05) is 13.1 Å². The predicted molar refractivity (Wildman–Crippen MR) is 64.6 cm³/mol. The Balaban J connectivity index is 2.40. The first kappa shape index (κ1) is 10.4. The van der Waals surface area contributed by atoms with E-state index in [1.807, 2.05) is 18.2 Å². The van der Waals surface area contributed by atoms with Gasteiger partial charge in [-0.2, -0.15) is 0 Å². The van der Waals surface area contributed by atoms with Crippen LogP contribution in [0, 0.1) is 0 Å². The van der Waals surface area contributed by atoms with Gasteiger partial charge >= 0.3 is 0 Å². The first-order valence-corrected chi connectivity index (χ1v) is 5.61. The third-order valence-corrected chi connectivity index (χ3v) is 3.36. The molecule has 4 nitrogen and oxygen atoms in total. The molecule has 1 heterocycles. The van der Waals surface area contributed by atoms with Crippen LogP contribution in [0.5, 0.6) is 0 Å². The maximum absolute atomic E-state index is 9.97. The van der Waals surface area contributed by atoms with Crippen molar-refractivity contribution >= 4 is 11.8 Å². The van der Waals surface area contributed by atoms with Crippen molar-refractivity contribution in [3.8, 4) is 0 Å². The van der Waals surface area contributed by atoms with E-state index >= 15 is 0 Å². The van der Waals surface area contributed by atoms with Gasteiger partial charge in [0.1, 0.15) is 5.76 Å². The van der Waals surface area contributed by atoms with Crippen molar-refractivity contribution in [1.29, 1.82) is 0 Å². The lowest BCUT2D eigenvalue weighted by molar-refractivity contribution is -0.00755. The van der Waals surface area contributed by atoms with Gasteiger partial charge in [-0.25, -0.2) is 0 Å². The van der Waals surface area contributed by atoms with Gasteiger partial charge in [-0.3, -0.25) is 10.3 Å². The average Bonchev–Trinajstić information content (AvgIpc) is 2.28. The normalized spacial score (nSPS) is 21.8. The van der Waals surface area contributed by atoms with Crippen LogP contribution in [0.15, 0.2) is 30.0 Å². The zero-order valence-corrected chi connectivity index (χ0v) is 9.30. The molecule has 1 aliphatic carbocycles. The molecule has 4 heteroatoms. The highest BCUT2D eigenvalue weighted by Gasteiger charge is 2.23. The zero-order valence-electron chi connectivity index (χ0n) is 9.30. The smallest absolute Gasteiger partial charge is 0.101 e. The summed E-state index contributed by atoms with van der Waals surface area (Å²) in [5.41, 5.74) is 7.69. The second kappa shape index (κ2) is 3.61. The Morgan fingerprint density at radius 1 is 1.41 bits per heavy atom. The molecule has 0 bridgehead atoms. The number of hydrogen-bond acceptors (Lipinski definition) is 4. The van der Waals surface area contributed by atoms with Crippen LogP contribution in [0.25, 0.3) is 11.8 Å². The molecule has 0 saturated heterocycles. The largest absolute Gasteiger partial charge is 0.512 e. The van der Waals surface area contributed by atoms with Crippen molar-refractivity contribution in [3.05, 3.63) is 46.0 Å². The first-order valence-electron chi connectivity index (χ1n) is 5.61. The van der Waals surface area contributed by atoms with E-state index in [9.17, 15) is 10.3 Å². The number of nitrogens with two attached hydrogens (primary N) is 1. The number of benzene rings is 1. The molecule has 1 aliphatic heterocycles. The number of rotatable bonds is 1. The van der Waals surface area contributed by atoms with Crippen LogP contribution >= 0.6 is 0 Å². The summed E-state index contributed by atoms with van der Waals surface area (Å²) in [5, 5.41) is 22.8. The fourth-order valence-corrected chi connectivity index (χ4v) is 2.62. The van der Waals surface area contributed by atoms with Gasteiger partial charge in [-0.15, -0.1) is 0 Å². The van der Waals surface area contributed by atoms with Crippen molar-refractivity contribution in [3.63, 3.8) is 0 Å². The maximum atomic E-state index is 9.97. The summed E-state index contributed by atoms with van der Waals surface area (Å²) in [7, 11) is 0. The Labute approximate surface area is 98.5 Å². The summed E-state index contributed by atoms with van der Waals surface area (Å²) in [4.78, 5) is 0. The molecule has 1 atom stereocenters. The average molecular weight is 230 g/mol. The Hall–Kier alpha value is -1.78. The van der Waals surface area contributed by atoms with Gasteiger partial charge in [0, 0.05) is 18.0 Å². The number of hydroxylamine groups is 2. The van der Waals surface area contributed by atoms with E-state index in [4.69, 9.17) is 5.73 Å². The Morgan fingerprint density at radius 2 is 2.24 bits per heavy atom. The minimum absolute atomic E-state index is 0.132. The van der Waals surface area contributed by atoms with E-state index in [1.165, 1.54) is 0 Å². The zero-order chi connectivity index (χ0) is 12.0. The molecular weight excluding hydrogens is 216 g/mol. The van der Waals surface area contributed by atoms with Crippen LogP contribution < -0.4 is 16.2 Å². The highest BCUT2D eigenvalue weighted by Crippen LogP contribution is 2.24. The van der Waals surface area contributed by atoms with Gasteiger partial charge in [0.05, 0.1) is 12.5 Å². The molecule has 1 aromatic rings. The molecule has 3 rings (SSSR count). The topological polar surface area (TPSA) is 69.7 Å². The standard InChI is InChI=1S/C13H14N2O2/c14-5-11-10-3-1-2-8-6-15(17)7-9(13(8)10)4-12(11)16/h1-4,6,11,16-17H,5,7,14H2. The molecular formula is C13H14N2O2. The van der Waals surface area contributed by atoms with Gasteiger partial charge in [-0.05, 0) is 22.4 Å². The van der Waals surface area contributed by atoms with E-state index in [0.29, 0.717) is 13.1 Å². The van der Waals surface area contributed by atoms with Crippen LogP contribution in [-0.2, 0) is 0 Å². The fraction of sp³-hybridized carbons (Fsp3) is 0.231. The minimum Gasteiger partial charge on any atom is -0.512 e. The molecule has 4 N–H and O–H groups in total. The van der Waals surface area contributed by atoms with Gasteiger partial charge in [0.25, 0.3) is 0 Å². The molecule has 0 amide bonds. The second-order valence-electron chi connectivity index (χ2n) is 4.42. The van der Waals surface area contributed by atoms with Crippen molar-refractivity contribution in [1.82, 2.24) is 5.06 Å². The summed E-state index contributed by atoms with van der Waals surface area (Å²) >= 11 is 0. The summed E-state index contributed by atoms with van der Waals surface area (Å²) < 4.78 is 0. The number of aliphatic hydroxyl groups excluding tert-OH is 1. The third kappa shape index (κ3) is 1.45. The number of nitrogens with zero attached hydrogens (tertiary/aromatic N) is 1. The number of aliphatic hydroxyl groups is 1. The van der Waals surface area contributed by atoms with Gasteiger partial charge in [-0.1, -0.05) is 18.2 Å². The van der Waals surface area contributed by atoms with Crippen LogP contribution in [0.1, 0.15) is 11.5 Å². The van der Waals surface area contributed by atoms with Crippen LogP contribution in [0.3, 0.4) is 0 Å². The van der Waals surface area contributed by atoms with Crippen molar-refractivity contribution < 1.29 is 10.3 Å². The van der Waals surface area contributed by atoms with Crippen molar-refractivity contribution in [2.45, 2.75) is 5.92 Å². The van der Waals surface area contributed by atoms with E-state index in [1.54, 1.807) is 12.3 Å². The summed E-state index contributed by atoms with van der Waals surface area (Å²) in [6, 6.07) is 5.86. The molecule has 0 fully saturated rings. The quantitative estimate of drug-likeness (QED) is 0.624. The SMILES string of the molecule is NCC1C(O)=CC2=c3c1cccc3=CN(O)C2. The third-order valence-electron chi connectivity index (χ3n) is 3.36. The molecule has 1 aromatic carbocycles. The van der Waals surface area contributed by atoms with Gasteiger partial charge in [0.2, 0.25) is 0 Å². The first-order chi connectivity index (χ1) is 8.20. The molecule has 88 valence electrons. The second-order valence-corrected chi connectivity index (χ2v) is 4.42. The molecule has 0 saturated carbocycles. The van der Waals surface area contributed by atoms with Crippen LogP contribution in [-0.4, -0.2) is 28.5 Å². The van der Waals surface area contributed by atoms with Gasteiger partial charge in [0.15, 0.2) is 0 Å². The Bertz CT molecular complexity index is 619. The van der Waals surface area contributed by atoms with E-state index in [0.717, 1.165) is 26.6 Å². The lowest BCUT2D eigenvalue weighted by Gasteiger charge is -2.26. The highest BCUT2D eigenvalue weighted by molar-refractivity contribution is 5.66. The maximum Gasteiger partial charge on any atom is 0.101 e. The molecule has 0 spiro atoms.